The van der Waals surface area contributed by atoms with Crippen LogP contribution in [-0.2, 0) is 16.1 Å². The Balaban J connectivity index is 1.46. The lowest BCUT2D eigenvalue weighted by atomic mass is 10.00. The maximum absolute atomic E-state index is 12.8. The Morgan fingerprint density at radius 1 is 1.11 bits per heavy atom. The van der Waals surface area contributed by atoms with Gasteiger partial charge in [0.15, 0.2) is 0 Å². The first kappa shape index (κ1) is 18.2. The number of carbonyl (C=O) groups is 2. The van der Waals surface area contributed by atoms with Crippen LogP contribution in [0.3, 0.4) is 0 Å². The smallest absolute Gasteiger partial charge is 0.256 e. The third-order valence-electron chi connectivity index (χ3n) is 4.94. The molecule has 4 rings (SSSR count). The van der Waals surface area contributed by atoms with E-state index in [4.69, 9.17) is 4.74 Å². The molecule has 0 atom stereocenters. The Morgan fingerprint density at radius 3 is 2.64 bits per heavy atom. The molecule has 0 radical (unpaired) electrons. The molecular weight excluding hydrogens is 356 g/mol. The maximum Gasteiger partial charge on any atom is 0.256 e. The quantitative estimate of drug-likeness (QED) is 0.757. The number of ether oxygens (including phenoxy) is 1. The largest absolute Gasteiger partial charge is 0.378 e. The molecule has 28 heavy (non-hydrogen) atoms. The average Bonchev–Trinajstić information content (AvgIpc) is 3.15. The Hall–Kier alpha value is -3.19. The van der Waals surface area contributed by atoms with Crippen LogP contribution >= 0.6 is 0 Å². The van der Waals surface area contributed by atoms with Crippen molar-refractivity contribution in [1.82, 2.24) is 14.7 Å². The Labute approximate surface area is 162 Å². The number of hydrogen-bond donors (Lipinski definition) is 1. The Bertz CT molecular complexity index is 1020. The second-order valence-corrected chi connectivity index (χ2v) is 6.85. The van der Waals surface area contributed by atoms with Gasteiger partial charge in [0.2, 0.25) is 5.91 Å². The van der Waals surface area contributed by atoms with Crippen molar-refractivity contribution in [3.63, 3.8) is 0 Å². The molecule has 144 valence electrons. The minimum Gasteiger partial charge on any atom is -0.378 e. The number of aromatic nitrogens is 2. The Morgan fingerprint density at radius 2 is 1.86 bits per heavy atom. The molecule has 2 amide bonds. The van der Waals surface area contributed by atoms with Crippen molar-refractivity contribution in [2.45, 2.75) is 13.5 Å². The molecule has 7 heteroatoms. The van der Waals surface area contributed by atoms with Crippen LogP contribution in [0.25, 0.3) is 10.8 Å². The van der Waals surface area contributed by atoms with Crippen LogP contribution in [0.5, 0.6) is 0 Å². The SMILES string of the molecule is Cc1ccc(C(=O)Nc2cnn(CC(=O)N3CCOCC3)c2)c2ccccc12. The first-order chi connectivity index (χ1) is 13.6. The molecule has 2 aromatic carbocycles. The third kappa shape index (κ3) is 3.75. The standard InChI is InChI=1S/C21H22N4O3/c1-15-6-7-19(18-5-3-2-4-17(15)18)21(27)23-16-12-22-25(13-16)14-20(26)24-8-10-28-11-9-24/h2-7,12-13H,8-11,14H2,1H3,(H,23,27). The molecule has 1 aliphatic heterocycles. The van der Waals surface area contributed by atoms with Gasteiger partial charge in [-0.3, -0.25) is 14.3 Å². The van der Waals surface area contributed by atoms with Crippen molar-refractivity contribution in [2.24, 2.45) is 0 Å². The number of carbonyl (C=O) groups excluding carboxylic acids is 2. The van der Waals surface area contributed by atoms with E-state index in [1.54, 1.807) is 22.0 Å². The molecule has 1 aliphatic rings. The lowest BCUT2D eigenvalue weighted by Crippen LogP contribution is -2.42. The van der Waals surface area contributed by atoms with Gasteiger partial charge in [0.25, 0.3) is 5.91 Å². The Kier molecular flexibility index (Phi) is 5.08. The number of amides is 2. The van der Waals surface area contributed by atoms with Crippen molar-refractivity contribution in [2.75, 3.05) is 31.6 Å². The summed E-state index contributed by atoms with van der Waals surface area (Å²) >= 11 is 0. The van der Waals surface area contributed by atoms with Gasteiger partial charge in [-0.2, -0.15) is 5.10 Å². The van der Waals surface area contributed by atoms with Gasteiger partial charge in [-0.15, -0.1) is 0 Å². The highest BCUT2D eigenvalue weighted by Gasteiger charge is 2.18. The number of aryl methyl sites for hydroxylation is 1. The molecule has 3 aromatic rings. The van der Waals surface area contributed by atoms with Crippen molar-refractivity contribution in [1.29, 1.82) is 0 Å². The average molecular weight is 378 g/mol. The predicted molar refractivity (Wildman–Crippen MR) is 106 cm³/mol. The summed E-state index contributed by atoms with van der Waals surface area (Å²) in [6, 6.07) is 11.6. The van der Waals surface area contributed by atoms with Crippen molar-refractivity contribution >= 4 is 28.3 Å². The molecule has 7 nitrogen and oxygen atoms in total. The number of rotatable bonds is 4. The van der Waals surface area contributed by atoms with E-state index in [1.165, 1.54) is 0 Å². The molecule has 2 heterocycles. The highest BCUT2D eigenvalue weighted by atomic mass is 16.5. The number of hydrogen-bond acceptors (Lipinski definition) is 4. The summed E-state index contributed by atoms with van der Waals surface area (Å²) in [7, 11) is 0. The summed E-state index contributed by atoms with van der Waals surface area (Å²) in [6.07, 6.45) is 3.23. The number of benzene rings is 2. The van der Waals surface area contributed by atoms with Crippen molar-refractivity contribution in [3.05, 3.63) is 59.9 Å². The van der Waals surface area contributed by atoms with Gasteiger partial charge in [-0.1, -0.05) is 30.3 Å². The van der Waals surface area contributed by atoms with Crippen LogP contribution in [0.2, 0.25) is 0 Å². The first-order valence-electron chi connectivity index (χ1n) is 9.29. The molecule has 1 N–H and O–H groups in total. The van der Waals surface area contributed by atoms with Crippen LogP contribution in [-0.4, -0.2) is 52.8 Å². The van der Waals surface area contributed by atoms with Gasteiger partial charge in [-0.05, 0) is 29.3 Å². The zero-order valence-corrected chi connectivity index (χ0v) is 15.7. The van der Waals surface area contributed by atoms with Crippen molar-refractivity contribution < 1.29 is 14.3 Å². The highest BCUT2D eigenvalue weighted by molar-refractivity contribution is 6.13. The summed E-state index contributed by atoms with van der Waals surface area (Å²) in [5.41, 5.74) is 2.30. The zero-order chi connectivity index (χ0) is 19.5. The molecule has 0 saturated carbocycles. The fraction of sp³-hybridized carbons (Fsp3) is 0.286. The van der Waals surface area contributed by atoms with Gasteiger partial charge in [0, 0.05) is 24.8 Å². The molecular formula is C21H22N4O3. The van der Waals surface area contributed by atoms with Crippen LogP contribution in [0.15, 0.2) is 48.8 Å². The van der Waals surface area contributed by atoms with E-state index < -0.39 is 0 Å². The topological polar surface area (TPSA) is 76.5 Å². The van der Waals surface area contributed by atoms with E-state index in [-0.39, 0.29) is 18.4 Å². The molecule has 1 fully saturated rings. The highest BCUT2D eigenvalue weighted by Crippen LogP contribution is 2.23. The summed E-state index contributed by atoms with van der Waals surface area (Å²) < 4.78 is 6.81. The molecule has 0 unspecified atom stereocenters. The number of fused-ring (bicyclic) bond motifs is 1. The van der Waals surface area contributed by atoms with Gasteiger partial charge in [0.1, 0.15) is 6.54 Å². The van der Waals surface area contributed by atoms with E-state index in [1.807, 2.05) is 43.3 Å². The molecule has 1 aromatic heterocycles. The van der Waals surface area contributed by atoms with Crippen LogP contribution in [0.4, 0.5) is 5.69 Å². The minimum atomic E-state index is -0.199. The van der Waals surface area contributed by atoms with Gasteiger partial charge < -0.3 is 15.0 Å². The van der Waals surface area contributed by atoms with Gasteiger partial charge in [-0.25, -0.2) is 0 Å². The second kappa shape index (κ2) is 7.82. The summed E-state index contributed by atoms with van der Waals surface area (Å²) in [5.74, 6) is -0.205. The van der Waals surface area contributed by atoms with Gasteiger partial charge >= 0.3 is 0 Å². The fourth-order valence-electron chi connectivity index (χ4n) is 3.41. The molecule has 1 saturated heterocycles. The summed E-state index contributed by atoms with van der Waals surface area (Å²) in [4.78, 5) is 26.9. The number of anilines is 1. The molecule has 0 aliphatic carbocycles. The predicted octanol–water partition coefficient (Wildman–Crippen LogP) is 2.46. The van der Waals surface area contributed by atoms with Crippen molar-refractivity contribution in [3.8, 4) is 0 Å². The zero-order valence-electron chi connectivity index (χ0n) is 15.7. The van der Waals surface area contributed by atoms with E-state index in [0.717, 1.165) is 16.3 Å². The number of nitrogens with one attached hydrogen (secondary N) is 1. The number of nitrogens with zero attached hydrogens (tertiary/aromatic N) is 3. The van der Waals surface area contributed by atoms with E-state index in [9.17, 15) is 9.59 Å². The number of morpholine rings is 1. The van der Waals surface area contributed by atoms with Crippen LogP contribution < -0.4 is 5.32 Å². The lowest BCUT2D eigenvalue weighted by molar-refractivity contribution is -0.136. The van der Waals surface area contributed by atoms with E-state index in [0.29, 0.717) is 37.6 Å². The minimum absolute atomic E-state index is 0.00574. The second-order valence-electron chi connectivity index (χ2n) is 6.85. The molecule has 0 bridgehead atoms. The normalized spacial score (nSPS) is 14.2. The van der Waals surface area contributed by atoms with Crippen LogP contribution in [0.1, 0.15) is 15.9 Å². The van der Waals surface area contributed by atoms with E-state index in [2.05, 4.69) is 10.4 Å². The van der Waals surface area contributed by atoms with Gasteiger partial charge in [0.05, 0.1) is 25.1 Å². The van der Waals surface area contributed by atoms with Crippen LogP contribution in [0, 0.1) is 6.92 Å². The first-order valence-corrected chi connectivity index (χ1v) is 9.29. The maximum atomic E-state index is 12.8. The summed E-state index contributed by atoms with van der Waals surface area (Å²) in [5, 5.41) is 9.04. The molecule has 0 spiro atoms. The lowest BCUT2D eigenvalue weighted by Gasteiger charge is -2.26. The monoisotopic (exact) mass is 378 g/mol. The fourth-order valence-corrected chi connectivity index (χ4v) is 3.41. The summed E-state index contributed by atoms with van der Waals surface area (Å²) in [6.45, 7) is 4.50. The third-order valence-corrected chi connectivity index (χ3v) is 4.94. The van der Waals surface area contributed by atoms with E-state index >= 15 is 0 Å².